The van der Waals surface area contributed by atoms with Crippen molar-refractivity contribution in [2.24, 2.45) is 0 Å². The van der Waals surface area contributed by atoms with E-state index in [1.807, 2.05) is 25.1 Å². The fourth-order valence-electron chi connectivity index (χ4n) is 4.56. The molecule has 0 bridgehead atoms. The van der Waals surface area contributed by atoms with Crippen LogP contribution in [0.15, 0.2) is 29.1 Å². The number of rotatable bonds is 3. The van der Waals surface area contributed by atoms with Crippen LogP contribution in [0.25, 0.3) is 22.3 Å². The molecule has 0 radical (unpaired) electrons. The summed E-state index contributed by atoms with van der Waals surface area (Å²) < 4.78 is 11.9. The molecule has 0 fully saturated rings. The highest BCUT2D eigenvalue weighted by molar-refractivity contribution is 5.89. The molecule has 1 unspecified atom stereocenters. The Bertz CT molecular complexity index is 1390. The Morgan fingerprint density at radius 2 is 2.09 bits per heavy atom. The summed E-state index contributed by atoms with van der Waals surface area (Å²) in [5.74, 6) is -1.13. The zero-order valence-electron chi connectivity index (χ0n) is 18.0. The Labute approximate surface area is 183 Å². The van der Waals surface area contributed by atoms with Crippen LogP contribution in [0.3, 0.4) is 0 Å². The van der Waals surface area contributed by atoms with Crippen molar-refractivity contribution in [3.63, 3.8) is 0 Å². The number of ether oxygens (including phenoxy) is 2. The van der Waals surface area contributed by atoms with Gasteiger partial charge in [-0.2, -0.15) is 0 Å². The monoisotopic (exact) mass is 434 g/mol. The van der Waals surface area contributed by atoms with Crippen LogP contribution in [0.5, 0.6) is 0 Å². The molecule has 8 heteroatoms. The highest BCUT2D eigenvalue weighted by Crippen LogP contribution is 2.39. The average molecular weight is 434 g/mol. The molecule has 2 aromatic heterocycles. The van der Waals surface area contributed by atoms with Gasteiger partial charge in [-0.25, -0.2) is 9.78 Å². The first-order chi connectivity index (χ1) is 15.2. The number of hydrogen-bond donors (Lipinski definition) is 1. The second-order valence-corrected chi connectivity index (χ2v) is 8.32. The number of pyridine rings is 2. The second-order valence-electron chi connectivity index (χ2n) is 8.32. The zero-order chi connectivity index (χ0) is 22.8. The van der Waals surface area contributed by atoms with Crippen molar-refractivity contribution in [2.75, 3.05) is 0 Å². The standard InChI is InChI=1S/C24H22N2O6/c1-4-24(30)18-8-19-21-15(9-26(19)22(28)17(18)11-32-23(24)29)7-16-12(2)5-6-14(20(16)25-21)10-31-13(3)27/h5-8,30H,4,9-11H2,1-3H3. The van der Waals surface area contributed by atoms with Crippen molar-refractivity contribution < 1.29 is 24.2 Å². The Hall–Kier alpha value is -3.52. The van der Waals surface area contributed by atoms with E-state index in [0.717, 1.165) is 22.1 Å². The fourth-order valence-corrected chi connectivity index (χ4v) is 4.56. The zero-order valence-corrected chi connectivity index (χ0v) is 18.0. The molecule has 164 valence electrons. The molecule has 0 saturated heterocycles. The summed E-state index contributed by atoms with van der Waals surface area (Å²) in [6.07, 6.45) is 0.0888. The lowest BCUT2D eigenvalue weighted by Gasteiger charge is -2.31. The summed E-state index contributed by atoms with van der Waals surface area (Å²) in [6.45, 7) is 5.27. The van der Waals surface area contributed by atoms with Crippen molar-refractivity contribution in [2.45, 2.75) is 52.6 Å². The summed E-state index contributed by atoms with van der Waals surface area (Å²) in [4.78, 5) is 41.8. The van der Waals surface area contributed by atoms with E-state index in [4.69, 9.17) is 14.5 Å². The number of aryl methyl sites for hydroxylation is 1. The van der Waals surface area contributed by atoms with Gasteiger partial charge in [0, 0.05) is 29.0 Å². The van der Waals surface area contributed by atoms with E-state index in [1.165, 1.54) is 6.92 Å². The number of carbonyl (C=O) groups excluding carboxylic acids is 2. The molecule has 5 rings (SSSR count). The van der Waals surface area contributed by atoms with Gasteiger partial charge in [-0.1, -0.05) is 19.1 Å². The summed E-state index contributed by atoms with van der Waals surface area (Å²) in [5.41, 5.74) is 2.92. The topological polar surface area (TPSA) is 108 Å². The van der Waals surface area contributed by atoms with Gasteiger partial charge in [0.2, 0.25) is 0 Å². The largest absolute Gasteiger partial charge is 0.461 e. The van der Waals surface area contributed by atoms with Crippen LogP contribution < -0.4 is 5.56 Å². The average Bonchev–Trinajstić information content (AvgIpc) is 3.13. The van der Waals surface area contributed by atoms with Gasteiger partial charge in [-0.3, -0.25) is 9.59 Å². The number of aliphatic hydroxyl groups is 1. The van der Waals surface area contributed by atoms with Gasteiger partial charge >= 0.3 is 11.9 Å². The van der Waals surface area contributed by atoms with E-state index in [9.17, 15) is 19.5 Å². The van der Waals surface area contributed by atoms with Gasteiger partial charge in [0.15, 0.2) is 5.60 Å². The Morgan fingerprint density at radius 1 is 1.31 bits per heavy atom. The Morgan fingerprint density at radius 3 is 2.81 bits per heavy atom. The van der Waals surface area contributed by atoms with Crippen LogP contribution in [-0.2, 0) is 44.4 Å². The van der Waals surface area contributed by atoms with Crippen LogP contribution in [-0.4, -0.2) is 26.6 Å². The van der Waals surface area contributed by atoms with Crippen LogP contribution in [0.1, 0.15) is 48.1 Å². The third-order valence-electron chi connectivity index (χ3n) is 6.41. The number of esters is 2. The fraction of sp³-hybridized carbons (Fsp3) is 0.333. The highest BCUT2D eigenvalue weighted by Gasteiger charge is 2.45. The van der Waals surface area contributed by atoms with E-state index in [2.05, 4.69) is 0 Å². The molecule has 0 aliphatic carbocycles. The minimum absolute atomic E-state index is 0.0888. The van der Waals surface area contributed by atoms with E-state index in [0.29, 0.717) is 29.0 Å². The van der Waals surface area contributed by atoms with E-state index in [-0.39, 0.29) is 36.7 Å². The lowest BCUT2D eigenvalue weighted by atomic mass is 9.86. The lowest BCUT2D eigenvalue weighted by molar-refractivity contribution is -0.172. The molecule has 0 amide bonds. The number of cyclic esters (lactones) is 1. The van der Waals surface area contributed by atoms with Gasteiger partial charge in [-0.15, -0.1) is 0 Å². The summed E-state index contributed by atoms with van der Waals surface area (Å²) >= 11 is 0. The number of hydrogen-bond acceptors (Lipinski definition) is 7. The van der Waals surface area contributed by atoms with Crippen molar-refractivity contribution >= 4 is 22.8 Å². The third-order valence-corrected chi connectivity index (χ3v) is 6.41. The molecule has 1 N–H and O–H groups in total. The van der Waals surface area contributed by atoms with E-state index < -0.39 is 11.6 Å². The molecule has 3 aromatic rings. The Balaban J connectivity index is 1.74. The minimum atomic E-state index is -1.86. The van der Waals surface area contributed by atoms with Gasteiger partial charge in [-0.05, 0) is 31.0 Å². The lowest BCUT2D eigenvalue weighted by Crippen LogP contribution is -2.44. The van der Waals surface area contributed by atoms with Crippen molar-refractivity contribution in [3.8, 4) is 11.4 Å². The van der Waals surface area contributed by atoms with Crippen molar-refractivity contribution in [1.82, 2.24) is 9.55 Å². The van der Waals surface area contributed by atoms with Crippen molar-refractivity contribution in [1.29, 1.82) is 0 Å². The molecule has 1 atom stereocenters. The predicted molar refractivity (Wildman–Crippen MR) is 115 cm³/mol. The number of carbonyl (C=O) groups is 2. The highest BCUT2D eigenvalue weighted by atomic mass is 16.6. The van der Waals surface area contributed by atoms with Gasteiger partial charge < -0.3 is 19.1 Å². The molecule has 8 nitrogen and oxygen atoms in total. The molecular formula is C24H22N2O6. The van der Waals surface area contributed by atoms with Crippen molar-refractivity contribution in [3.05, 3.63) is 62.4 Å². The number of benzene rings is 1. The first-order valence-corrected chi connectivity index (χ1v) is 10.5. The first-order valence-electron chi connectivity index (χ1n) is 10.5. The SMILES string of the molecule is CCC1(O)C(=O)OCc2c1cc1n(c2=O)Cc2cc3c(C)ccc(COC(C)=O)c3nc2-1. The summed E-state index contributed by atoms with van der Waals surface area (Å²) in [6, 6.07) is 7.52. The van der Waals surface area contributed by atoms with Gasteiger partial charge in [0.1, 0.15) is 13.2 Å². The number of fused-ring (bicyclic) bond motifs is 5. The molecule has 0 spiro atoms. The molecule has 2 aliphatic heterocycles. The smallest absolute Gasteiger partial charge is 0.343 e. The maximum Gasteiger partial charge on any atom is 0.343 e. The van der Waals surface area contributed by atoms with E-state index in [1.54, 1.807) is 17.6 Å². The maximum absolute atomic E-state index is 13.3. The van der Waals surface area contributed by atoms with E-state index >= 15 is 0 Å². The van der Waals surface area contributed by atoms with Crippen LogP contribution in [0.2, 0.25) is 0 Å². The third kappa shape index (κ3) is 2.79. The predicted octanol–water partition coefficient (Wildman–Crippen LogP) is 2.45. The normalized spacial score (nSPS) is 18.7. The summed E-state index contributed by atoms with van der Waals surface area (Å²) in [5, 5.41) is 11.9. The summed E-state index contributed by atoms with van der Waals surface area (Å²) in [7, 11) is 0. The Kier molecular flexibility index (Phi) is 4.46. The van der Waals surface area contributed by atoms with Crippen LogP contribution in [0.4, 0.5) is 0 Å². The second kappa shape index (κ2) is 7.00. The first kappa shape index (κ1) is 20.4. The minimum Gasteiger partial charge on any atom is -0.461 e. The molecule has 4 heterocycles. The maximum atomic E-state index is 13.3. The quantitative estimate of drug-likeness (QED) is 0.494. The van der Waals surface area contributed by atoms with Crippen LogP contribution in [0, 0.1) is 6.92 Å². The molecular weight excluding hydrogens is 412 g/mol. The molecule has 0 saturated carbocycles. The van der Waals surface area contributed by atoms with Crippen LogP contribution >= 0.6 is 0 Å². The molecule has 2 aliphatic rings. The number of nitrogens with zero attached hydrogens (tertiary/aromatic N) is 2. The number of aromatic nitrogens is 2. The van der Waals surface area contributed by atoms with Gasteiger partial charge in [0.25, 0.3) is 5.56 Å². The molecule has 1 aromatic carbocycles. The van der Waals surface area contributed by atoms with Gasteiger partial charge in [0.05, 0.1) is 29.0 Å². The molecule has 32 heavy (non-hydrogen) atoms.